The van der Waals surface area contributed by atoms with Gasteiger partial charge in [0, 0.05) is 36.7 Å². The molecule has 1 saturated carbocycles. The predicted molar refractivity (Wildman–Crippen MR) is 129 cm³/mol. The van der Waals surface area contributed by atoms with Crippen LogP contribution < -0.4 is 0 Å². The summed E-state index contributed by atoms with van der Waals surface area (Å²) in [6, 6.07) is 2.85. The van der Waals surface area contributed by atoms with Crippen LogP contribution >= 0.6 is 8.58 Å². The van der Waals surface area contributed by atoms with Crippen molar-refractivity contribution in [3.05, 3.63) is 71.0 Å². The molecule has 0 saturated heterocycles. The zero-order valence-electron chi connectivity index (χ0n) is 18.6. The average molecular weight is 446 g/mol. The maximum atomic E-state index is 13.1. The summed E-state index contributed by atoms with van der Waals surface area (Å²) in [6.07, 6.45) is 17.7. The molecule has 0 bridgehead atoms. The molecule has 2 aromatic rings. The van der Waals surface area contributed by atoms with E-state index in [1.165, 1.54) is 30.4 Å². The van der Waals surface area contributed by atoms with Gasteiger partial charge in [0.15, 0.2) is 0 Å². The summed E-state index contributed by atoms with van der Waals surface area (Å²) in [4.78, 5) is 22.1. The fraction of sp³-hybridized carbons (Fsp3) is 0.400. The summed E-state index contributed by atoms with van der Waals surface area (Å²) >= 11 is 0. The Morgan fingerprint density at radius 1 is 1.22 bits per heavy atom. The molecule has 2 unspecified atom stereocenters. The highest BCUT2D eigenvalue weighted by atomic mass is 31.1. The minimum Gasteiger partial charge on any atom is -0.304 e. The molecule has 0 N–H and O–H groups in total. The highest BCUT2D eigenvalue weighted by Crippen LogP contribution is 2.45. The van der Waals surface area contributed by atoms with E-state index in [9.17, 15) is 4.79 Å². The second-order valence-electron chi connectivity index (χ2n) is 9.22. The molecule has 4 aliphatic rings. The van der Waals surface area contributed by atoms with E-state index in [-0.39, 0.29) is 11.7 Å². The summed E-state index contributed by atoms with van der Waals surface area (Å²) in [7, 11) is 0.474. The molecule has 7 heteroatoms. The summed E-state index contributed by atoms with van der Waals surface area (Å²) < 4.78 is 1.88. The second kappa shape index (κ2) is 7.79. The van der Waals surface area contributed by atoms with E-state index in [0.29, 0.717) is 8.58 Å². The van der Waals surface area contributed by atoms with Crippen LogP contribution in [0.5, 0.6) is 0 Å². The third kappa shape index (κ3) is 3.46. The third-order valence-corrected chi connectivity index (χ3v) is 8.58. The van der Waals surface area contributed by atoms with Gasteiger partial charge in [0.1, 0.15) is 0 Å². The molecule has 6 nitrogen and oxygen atoms in total. The van der Waals surface area contributed by atoms with Crippen LogP contribution in [0.15, 0.2) is 53.9 Å². The van der Waals surface area contributed by atoms with Crippen LogP contribution in [0.4, 0.5) is 0 Å². The third-order valence-electron chi connectivity index (χ3n) is 7.10. The normalized spacial score (nSPS) is 24.9. The topological polar surface area (TPSA) is 53.7 Å². The monoisotopic (exact) mass is 445 g/mol. The Morgan fingerprint density at radius 2 is 2.09 bits per heavy atom. The minimum atomic E-state index is 0.0428. The Hall–Kier alpha value is -2.56. The van der Waals surface area contributed by atoms with Crippen molar-refractivity contribution in [2.45, 2.75) is 51.4 Å². The van der Waals surface area contributed by atoms with Gasteiger partial charge in [0.2, 0.25) is 0 Å². The lowest BCUT2D eigenvalue weighted by atomic mass is 9.89. The molecule has 32 heavy (non-hydrogen) atoms. The van der Waals surface area contributed by atoms with E-state index in [1.54, 1.807) is 6.08 Å². The van der Waals surface area contributed by atoms with Crippen molar-refractivity contribution in [2.75, 3.05) is 13.1 Å². The maximum absolute atomic E-state index is 13.1. The first-order chi connectivity index (χ1) is 15.5. The molecule has 0 radical (unpaired) electrons. The number of allylic oxidation sites excluding steroid dienone is 2. The fourth-order valence-electron chi connectivity index (χ4n) is 5.07. The van der Waals surface area contributed by atoms with Gasteiger partial charge >= 0.3 is 0 Å². The summed E-state index contributed by atoms with van der Waals surface area (Å²) in [5.41, 5.74) is 6.33. The van der Waals surface area contributed by atoms with Crippen molar-refractivity contribution in [3.63, 3.8) is 0 Å². The van der Waals surface area contributed by atoms with Crippen molar-refractivity contribution in [2.24, 2.45) is 0 Å². The van der Waals surface area contributed by atoms with Gasteiger partial charge in [-0.1, -0.05) is 33.2 Å². The van der Waals surface area contributed by atoms with Gasteiger partial charge in [-0.15, -0.1) is 0 Å². The molecule has 2 aromatic heterocycles. The van der Waals surface area contributed by atoms with Gasteiger partial charge in [0.25, 0.3) is 5.91 Å². The number of fused-ring (bicyclic) bond motifs is 2. The Kier molecular flexibility index (Phi) is 4.89. The molecule has 2 atom stereocenters. The first-order valence-corrected chi connectivity index (χ1v) is 12.6. The standard InChI is InChI=1S/C25H28N5OP/c1-16-14-30-22(17(2)26-16)12-21(27-30)23-13-24(31)29-15-19(6-7-25(29)32-23)18-8-10-28(11-9-18)20-4-3-5-20/h6-8,12-15,20,25,32H,3-5,9-11H2,1-2H3. The molecule has 0 aromatic carbocycles. The average Bonchev–Trinajstić information content (AvgIpc) is 3.17. The quantitative estimate of drug-likeness (QED) is 0.666. The lowest BCUT2D eigenvalue weighted by Gasteiger charge is -2.40. The molecule has 1 aliphatic carbocycles. The molecule has 3 aliphatic heterocycles. The van der Waals surface area contributed by atoms with Gasteiger partial charge < -0.3 is 4.90 Å². The van der Waals surface area contributed by atoms with Gasteiger partial charge in [-0.25, -0.2) is 4.52 Å². The molecular formula is C25H28N5OP. The Bertz CT molecular complexity index is 1230. The largest absolute Gasteiger partial charge is 0.304 e. The molecule has 1 fully saturated rings. The number of rotatable bonds is 3. The smallest absolute Gasteiger partial charge is 0.252 e. The highest BCUT2D eigenvalue weighted by Gasteiger charge is 2.31. The SMILES string of the molecule is Cc1cn2nc(C3=CC(=O)N4C=C(C5=CCN(C6CCC6)CC5)C=CC4P3)cc2c(C)n1. The minimum absolute atomic E-state index is 0.0428. The van der Waals surface area contributed by atoms with Gasteiger partial charge in [-0.05, 0) is 50.3 Å². The van der Waals surface area contributed by atoms with E-state index in [0.717, 1.165) is 53.5 Å². The molecule has 0 spiro atoms. The van der Waals surface area contributed by atoms with E-state index in [2.05, 4.69) is 40.4 Å². The first kappa shape index (κ1) is 20.1. The van der Waals surface area contributed by atoms with Crippen molar-refractivity contribution < 1.29 is 4.79 Å². The lowest BCUT2D eigenvalue weighted by molar-refractivity contribution is -0.123. The van der Waals surface area contributed by atoms with Gasteiger partial charge in [0.05, 0.1) is 34.6 Å². The molecule has 6 rings (SSSR count). The number of aromatic nitrogens is 3. The van der Waals surface area contributed by atoms with Gasteiger partial charge in [-0.2, -0.15) is 5.10 Å². The Balaban J connectivity index is 1.23. The van der Waals surface area contributed by atoms with E-state index in [4.69, 9.17) is 5.10 Å². The van der Waals surface area contributed by atoms with E-state index < -0.39 is 0 Å². The van der Waals surface area contributed by atoms with Crippen LogP contribution in [0.3, 0.4) is 0 Å². The fourth-order valence-corrected chi connectivity index (χ4v) is 6.40. The van der Waals surface area contributed by atoms with Crippen LogP contribution in [0.2, 0.25) is 0 Å². The highest BCUT2D eigenvalue weighted by molar-refractivity contribution is 7.51. The summed E-state index contributed by atoms with van der Waals surface area (Å²) in [5, 5.41) is 5.76. The predicted octanol–water partition coefficient (Wildman–Crippen LogP) is 4.17. The zero-order chi connectivity index (χ0) is 21.8. The number of carbonyl (C=O) groups is 1. The summed E-state index contributed by atoms with van der Waals surface area (Å²) in [5.74, 6) is 0.119. The molecule has 164 valence electrons. The Labute approximate surface area is 190 Å². The van der Waals surface area contributed by atoms with Crippen LogP contribution in [-0.4, -0.2) is 55.2 Å². The lowest BCUT2D eigenvalue weighted by Crippen LogP contribution is -2.42. The number of hydrogen-bond acceptors (Lipinski definition) is 4. The van der Waals surface area contributed by atoms with Crippen molar-refractivity contribution >= 4 is 25.3 Å². The van der Waals surface area contributed by atoms with Crippen LogP contribution in [0.25, 0.3) is 10.8 Å². The van der Waals surface area contributed by atoms with Crippen LogP contribution in [0.1, 0.15) is 42.8 Å². The van der Waals surface area contributed by atoms with Gasteiger partial charge in [-0.3, -0.25) is 14.7 Å². The van der Waals surface area contributed by atoms with Crippen LogP contribution in [0, 0.1) is 13.8 Å². The number of hydrogen-bond donors (Lipinski definition) is 0. The van der Waals surface area contributed by atoms with Crippen molar-refractivity contribution in [3.8, 4) is 0 Å². The van der Waals surface area contributed by atoms with E-state index >= 15 is 0 Å². The zero-order valence-corrected chi connectivity index (χ0v) is 19.6. The number of amides is 1. The maximum Gasteiger partial charge on any atom is 0.252 e. The molecule has 1 amide bonds. The van der Waals surface area contributed by atoms with E-state index in [1.807, 2.05) is 29.5 Å². The Morgan fingerprint density at radius 3 is 2.84 bits per heavy atom. The number of aryl methyl sites for hydroxylation is 2. The number of nitrogens with zero attached hydrogens (tertiary/aromatic N) is 5. The number of carbonyl (C=O) groups excluding carboxylic acids is 1. The van der Waals surface area contributed by atoms with Crippen LogP contribution in [-0.2, 0) is 4.79 Å². The van der Waals surface area contributed by atoms with Crippen molar-refractivity contribution in [1.29, 1.82) is 0 Å². The summed E-state index contributed by atoms with van der Waals surface area (Å²) in [6.45, 7) is 6.14. The van der Waals surface area contributed by atoms with Crippen molar-refractivity contribution in [1.82, 2.24) is 24.4 Å². The second-order valence-corrected chi connectivity index (χ2v) is 10.6. The first-order valence-electron chi connectivity index (χ1n) is 11.5. The molecule has 5 heterocycles. The molecular weight excluding hydrogens is 417 g/mol.